The largest absolute Gasteiger partial charge is 0.508 e. The van der Waals surface area contributed by atoms with Gasteiger partial charge in [0.05, 0.1) is 10.5 Å². The third-order valence-corrected chi connectivity index (χ3v) is 4.12. The highest BCUT2D eigenvalue weighted by atomic mass is 16.8. The summed E-state index contributed by atoms with van der Waals surface area (Å²) in [5, 5.41) is 14.1. The highest BCUT2D eigenvalue weighted by Crippen LogP contribution is 2.33. The maximum absolute atomic E-state index is 12.2. The first kappa shape index (κ1) is 23.4. The van der Waals surface area contributed by atoms with E-state index in [1.807, 2.05) is 18.2 Å². The second kappa shape index (κ2) is 9.91. The zero-order valence-electron chi connectivity index (χ0n) is 18.2. The molecule has 0 radical (unpaired) electrons. The molecule has 1 fully saturated rings. The molecule has 1 heterocycles. The van der Waals surface area contributed by atoms with Crippen molar-refractivity contribution >= 4 is 23.6 Å². The lowest BCUT2D eigenvalue weighted by Gasteiger charge is -2.20. The number of hydrogen-bond acceptors (Lipinski definition) is 8. The molecule has 1 N–H and O–H groups in total. The molecule has 1 aliphatic rings. The van der Waals surface area contributed by atoms with Gasteiger partial charge in [0.25, 0.3) is 5.69 Å². The van der Waals surface area contributed by atoms with Crippen LogP contribution < -0.4 is 10.1 Å². The number of nitro groups is 1. The second-order valence-electron chi connectivity index (χ2n) is 7.98. The van der Waals surface area contributed by atoms with Crippen LogP contribution in [-0.4, -0.2) is 42.1 Å². The van der Waals surface area contributed by atoms with E-state index in [0.29, 0.717) is 5.56 Å². The molecule has 1 aliphatic heterocycles. The van der Waals surface area contributed by atoms with Crippen LogP contribution in [0.5, 0.6) is 5.75 Å². The second-order valence-corrected chi connectivity index (χ2v) is 7.98. The molecule has 172 valence electrons. The number of anilines is 1. The summed E-state index contributed by atoms with van der Waals surface area (Å²) >= 11 is 0. The van der Waals surface area contributed by atoms with Crippen molar-refractivity contribution in [2.45, 2.75) is 32.5 Å². The van der Waals surface area contributed by atoms with Crippen molar-refractivity contribution < 1.29 is 33.5 Å². The minimum Gasteiger partial charge on any atom is -0.488 e. The van der Waals surface area contributed by atoms with E-state index in [0.717, 1.165) is 0 Å². The molecular formula is C23H22N2O8. The highest BCUT2D eigenvalue weighted by molar-refractivity contribution is 5.89. The molecule has 3 rings (SSSR count). The average molecular weight is 454 g/mol. The molecule has 10 nitrogen and oxygen atoms in total. The van der Waals surface area contributed by atoms with Crippen LogP contribution in [0.2, 0.25) is 0 Å². The topological polar surface area (TPSA) is 126 Å². The maximum Gasteiger partial charge on any atom is 0.508 e. The van der Waals surface area contributed by atoms with Crippen molar-refractivity contribution in [1.82, 2.24) is 0 Å². The van der Waals surface area contributed by atoms with Crippen molar-refractivity contribution in [2.75, 3.05) is 18.5 Å². The number of carbonyl (C=O) groups excluding carboxylic acids is 2. The Morgan fingerprint density at radius 2 is 1.97 bits per heavy atom. The first-order valence-corrected chi connectivity index (χ1v) is 9.96. The van der Waals surface area contributed by atoms with Crippen molar-refractivity contribution in [3.05, 3.63) is 63.7 Å². The van der Waals surface area contributed by atoms with Gasteiger partial charge < -0.3 is 18.9 Å². The smallest absolute Gasteiger partial charge is 0.488 e. The minimum atomic E-state index is -0.863. The van der Waals surface area contributed by atoms with Crippen LogP contribution in [-0.2, 0) is 14.2 Å². The van der Waals surface area contributed by atoms with Crippen LogP contribution in [0, 0.1) is 22.0 Å². The molecular weight excluding hydrogens is 432 g/mol. The summed E-state index contributed by atoms with van der Waals surface area (Å²) in [6.07, 6.45) is -2.31. The average Bonchev–Trinajstić information content (AvgIpc) is 3.15. The van der Waals surface area contributed by atoms with E-state index in [2.05, 4.69) is 17.2 Å². The summed E-state index contributed by atoms with van der Waals surface area (Å²) in [7, 11) is 0. The van der Waals surface area contributed by atoms with E-state index in [1.165, 1.54) is 12.1 Å². The number of nitrogens with one attached hydrogen (secondary N) is 1. The first-order valence-electron chi connectivity index (χ1n) is 9.96. The van der Waals surface area contributed by atoms with Crippen LogP contribution in [0.4, 0.5) is 21.0 Å². The van der Waals surface area contributed by atoms with Gasteiger partial charge in [-0.25, -0.2) is 9.59 Å². The Kier molecular flexibility index (Phi) is 7.03. The van der Waals surface area contributed by atoms with Crippen molar-refractivity contribution in [3.8, 4) is 17.6 Å². The lowest BCUT2D eigenvalue weighted by Crippen LogP contribution is -2.27. The molecule has 0 saturated carbocycles. The van der Waals surface area contributed by atoms with Gasteiger partial charge in [-0.15, -0.1) is 0 Å². The van der Waals surface area contributed by atoms with E-state index in [4.69, 9.17) is 18.9 Å². The quantitative estimate of drug-likeness (QED) is 0.307. The number of nitro benzene ring substituents is 1. The number of carbonyl (C=O) groups is 2. The summed E-state index contributed by atoms with van der Waals surface area (Å²) in [4.78, 5) is 34.4. The number of cyclic esters (lactones) is 2. The van der Waals surface area contributed by atoms with E-state index in [1.54, 1.807) is 32.9 Å². The van der Waals surface area contributed by atoms with Gasteiger partial charge in [0.15, 0.2) is 6.10 Å². The van der Waals surface area contributed by atoms with Gasteiger partial charge in [0, 0.05) is 17.7 Å². The number of amides is 1. The number of benzene rings is 2. The van der Waals surface area contributed by atoms with Gasteiger partial charge in [0.1, 0.15) is 30.3 Å². The summed E-state index contributed by atoms with van der Waals surface area (Å²) in [5.41, 5.74) is -0.410. The van der Waals surface area contributed by atoms with Gasteiger partial charge in [-0.1, -0.05) is 30.0 Å². The number of rotatable bonds is 5. The lowest BCUT2D eigenvalue weighted by atomic mass is 10.1. The SMILES string of the molecule is CC(C)(C)OC(=O)Nc1cc(OCC2COC(=O)O2)c(C#Cc2ccccc2)cc1[N+](=O)[O-]. The molecule has 1 atom stereocenters. The Balaban J connectivity index is 1.96. The Morgan fingerprint density at radius 1 is 1.24 bits per heavy atom. The van der Waals surface area contributed by atoms with Crippen LogP contribution in [0.15, 0.2) is 42.5 Å². The number of ether oxygens (including phenoxy) is 4. The minimum absolute atomic E-state index is 0.0137. The zero-order chi connectivity index (χ0) is 24.0. The fraction of sp³-hybridized carbons (Fsp3) is 0.304. The van der Waals surface area contributed by atoms with Crippen LogP contribution in [0.1, 0.15) is 31.9 Å². The van der Waals surface area contributed by atoms with Gasteiger partial charge in [-0.05, 0) is 32.9 Å². The van der Waals surface area contributed by atoms with Gasteiger partial charge in [-0.3, -0.25) is 15.4 Å². The molecule has 1 saturated heterocycles. The van der Waals surface area contributed by atoms with Gasteiger partial charge >= 0.3 is 12.2 Å². The standard InChI is InChI=1S/C23H22N2O8/c1-23(2,3)33-21(26)24-18-12-20(30-13-17-14-31-22(27)32-17)16(11-19(18)25(28)29)10-9-15-7-5-4-6-8-15/h4-8,11-12,17H,13-14H2,1-3H3,(H,24,26). The molecule has 2 aromatic rings. The molecule has 10 heteroatoms. The zero-order valence-corrected chi connectivity index (χ0v) is 18.2. The normalized spacial score (nSPS) is 14.9. The lowest BCUT2D eigenvalue weighted by molar-refractivity contribution is -0.384. The third kappa shape index (κ3) is 6.87. The van der Waals surface area contributed by atoms with Crippen molar-refractivity contribution in [1.29, 1.82) is 0 Å². The Labute approximate surface area is 189 Å². The Morgan fingerprint density at radius 3 is 2.58 bits per heavy atom. The highest BCUT2D eigenvalue weighted by Gasteiger charge is 2.27. The van der Waals surface area contributed by atoms with E-state index in [-0.39, 0.29) is 35.9 Å². The Hall–Kier alpha value is -4.26. The molecule has 1 unspecified atom stereocenters. The van der Waals surface area contributed by atoms with Crippen molar-refractivity contribution in [2.24, 2.45) is 0 Å². The van der Waals surface area contributed by atoms with Gasteiger partial charge in [0.2, 0.25) is 0 Å². The summed E-state index contributed by atoms with van der Waals surface area (Å²) in [5.74, 6) is 5.94. The van der Waals surface area contributed by atoms with Crippen LogP contribution >= 0.6 is 0 Å². The fourth-order valence-corrected chi connectivity index (χ4v) is 2.74. The van der Waals surface area contributed by atoms with E-state index >= 15 is 0 Å². The molecule has 0 spiro atoms. The molecule has 2 aromatic carbocycles. The van der Waals surface area contributed by atoms with E-state index in [9.17, 15) is 19.7 Å². The van der Waals surface area contributed by atoms with Crippen LogP contribution in [0.3, 0.4) is 0 Å². The molecule has 1 amide bonds. The molecule has 0 aromatic heterocycles. The van der Waals surface area contributed by atoms with Crippen LogP contribution in [0.25, 0.3) is 0 Å². The molecule has 33 heavy (non-hydrogen) atoms. The first-order chi connectivity index (χ1) is 15.6. The van der Waals surface area contributed by atoms with Crippen molar-refractivity contribution in [3.63, 3.8) is 0 Å². The summed E-state index contributed by atoms with van der Waals surface area (Å²) in [6.45, 7) is 4.95. The summed E-state index contributed by atoms with van der Waals surface area (Å²) < 4.78 is 20.6. The predicted octanol–water partition coefficient (Wildman–Crippen LogP) is 4.26. The number of nitrogens with zero attached hydrogens (tertiary/aromatic N) is 1. The molecule has 0 aliphatic carbocycles. The Bertz CT molecular complexity index is 1110. The monoisotopic (exact) mass is 454 g/mol. The predicted molar refractivity (Wildman–Crippen MR) is 117 cm³/mol. The summed E-state index contributed by atoms with van der Waals surface area (Å²) in [6, 6.07) is 11.5. The fourth-order valence-electron chi connectivity index (χ4n) is 2.74. The third-order valence-electron chi connectivity index (χ3n) is 4.12. The van der Waals surface area contributed by atoms with E-state index < -0.39 is 28.9 Å². The maximum atomic E-state index is 12.2. The molecule has 0 bridgehead atoms. The number of hydrogen-bond donors (Lipinski definition) is 1. The van der Waals surface area contributed by atoms with Gasteiger partial charge in [-0.2, -0.15) is 0 Å².